The van der Waals surface area contributed by atoms with Gasteiger partial charge in [-0.3, -0.25) is 0 Å². The van der Waals surface area contributed by atoms with Gasteiger partial charge in [-0.1, -0.05) is 29.8 Å². The Hall–Kier alpha value is -3.64. The molecule has 0 aliphatic carbocycles. The van der Waals surface area contributed by atoms with E-state index in [1.165, 1.54) is 18.4 Å². The Kier molecular flexibility index (Phi) is 4.78. The number of ether oxygens (including phenoxy) is 2. The first-order valence-corrected chi connectivity index (χ1v) is 8.61. The molecule has 1 aliphatic rings. The first-order chi connectivity index (χ1) is 13.6. The number of aliphatic imine (C=N–C) groups is 1. The van der Waals surface area contributed by atoms with Crippen LogP contribution in [0.1, 0.15) is 21.7 Å². The van der Waals surface area contributed by atoms with Gasteiger partial charge in [0, 0.05) is 16.1 Å². The molecule has 0 unspecified atom stereocenters. The summed E-state index contributed by atoms with van der Waals surface area (Å²) in [6.45, 7) is 0. The van der Waals surface area contributed by atoms with Crippen molar-refractivity contribution in [3.8, 4) is 5.75 Å². The quantitative estimate of drug-likeness (QED) is 0.370. The third-order valence-corrected chi connectivity index (χ3v) is 4.10. The Morgan fingerprint density at radius 1 is 1.04 bits per heavy atom. The lowest BCUT2D eigenvalue weighted by atomic mass is 10.1. The molecule has 138 valence electrons. The summed E-state index contributed by atoms with van der Waals surface area (Å²) in [5.41, 5.74) is 1.21. The molecule has 0 N–H and O–H groups in total. The number of nitrogens with zero attached hydrogens (tertiary/aromatic N) is 1. The van der Waals surface area contributed by atoms with Gasteiger partial charge >= 0.3 is 11.9 Å². The van der Waals surface area contributed by atoms with Gasteiger partial charge in [0.2, 0.25) is 11.7 Å². The lowest BCUT2D eigenvalue weighted by Gasteiger charge is -2.06. The molecule has 4 rings (SSSR count). The number of para-hydroxylation sites is 1. The van der Waals surface area contributed by atoms with E-state index in [1.807, 2.05) is 0 Å². The molecule has 0 atom stereocenters. The van der Waals surface area contributed by atoms with Gasteiger partial charge in [0.25, 0.3) is 0 Å². The zero-order valence-electron chi connectivity index (χ0n) is 14.3. The first-order valence-electron chi connectivity index (χ1n) is 8.23. The van der Waals surface area contributed by atoms with Crippen LogP contribution in [0.4, 0.5) is 0 Å². The van der Waals surface area contributed by atoms with Crippen LogP contribution in [-0.4, -0.2) is 17.8 Å². The first kappa shape index (κ1) is 17.8. The molecular formula is C21H12ClNO5. The highest BCUT2D eigenvalue weighted by Gasteiger charge is 2.25. The SMILES string of the molecule is O=C1OC(c2ccc(Cl)cc2)=N/C1=C/c1ccccc1OC(=O)c1ccco1. The van der Waals surface area contributed by atoms with E-state index in [0.29, 0.717) is 16.1 Å². The predicted molar refractivity (Wildman–Crippen MR) is 102 cm³/mol. The number of hydrogen-bond donors (Lipinski definition) is 0. The van der Waals surface area contributed by atoms with Gasteiger partial charge in [0.1, 0.15) is 5.75 Å². The van der Waals surface area contributed by atoms with Crippen LogP contribution in [0.5, 0.6) is 5.75 Å². The highest BCUT2D eigenvalue weighted by Crippen LogP contribution is 2.25. The van der Waals surface area contributed by atoms with Crippen LogP contribution in [0.3, 0.4) is 0 Å². The van der Waals surface area contributed by atoms with Crippen LogP contribution in [-0.2, 0) is 9.53 Å². The van der Waals surface area contributed by atoms with Crippen molar-refractivity contribution in [2.24, 2.45) is 4.99 Å². The second-order valence-corrected chi connectivity index (χ2v) is 6.18. The predicted octanol–water partition coefficient (Wildman–Crippen LogP) is 4.50. The molecule has 2 aromatic carbocycles. The van der Waals surface area contributed by atoms with Gasteiger partial charge < -0.3 is 13.9 Å². The van der Waals surface area contributed by atoms with E-state index in [-0.39, 0.29) is 23.1 Å². The average Bonchev–Trinajstić information content (AvgIpc) is 3.35. The summed E-state index contributed by atoms with van der Waals surface area (Å²) >= 11 is 5.87. The zero-order chi connectivity index (χ0) is 19.5. The minimum atomic E-state index is -0.643. The molecule has 0 spiro atoms. The minimum absolute atomic E-state index is 0.0748. The van der Waals surface area contributed by atoms with Crippen molar-refractivity contribution in [2.75, 3.05) is 0 Å². The number of rotatable bonds is 4. The molecule has 7 heteroatoms. The summed E-state index contributed by atoms with van der Waals surface area (Å²) in [5.74, 6) is -0.726. The van der Waals surface area contributed by atoms with Gasteiger partial charge in [0.05, 0.1) is 6.26 Å². The number of carbonyl (C=O) groups excluding carboxylic acids is 2. The smallest absolute Gasteiger partial charge is 0.379 e. The van der Waals surface area contributed by atoms with E-state index in [1.54, 1.807) is 54.6 Å². The van der Waals surface area contributed by atoms with Crippen LogP contribution in [0.15, 0.2) is 82.0 Å². The normalized spacial score (nSPS) is 14.7. The molecule has 0 bridgehead atoms. The van der Waals surface area contributed by atoms with Crippen molar-refractivity contribution in [3.63, 3.8) is 0 Å². The second-order valence-electron chi connectivity index (χ2n) is 5.75. The highest BCUT2D eigenvalue weighted by molar-refractivity contribution is 6.30. The molecule has 0 saturated carbocycles. The summed E-state index contributed by atoms with van der Waals surface area (Å²) < 4.78 is 15.6. The van der Waals surface area contributed by atoms with E-state index in [2.05, 4.69) is 4.99 Å². The molecule has 0 radical (unpaired) electrons. The molecule has 1 aliphatic heterocycles. The van der Waals surface area contributed by atoms with E-state index < -0.39 is 11.9 Å². The van der Waals surface area contributed by atoms with Gasteiger partial charge in [-0.2, -0.15) is 0 Å². The van der Waals surface area contributed by atoms with Crippen LogP contribution < -0.4 is 4.74 Å². The van der Waals surface area contributed by atoms with Crippen LogP contribution >= 0.6 is 11.6 Å². The van der Waals surface area contributed by atoms with Crippen molar-refractivity contribution >= 4 is 35.5 Å². The molecule has 0 fully saturated rings. The maximum absolute atomic E-state index is 12.2. The fraction of sp³-hybridized carbons (Fsp3) is 0. The van der Waals surface area contributed by atoms with Gasteiger partial charge in [0.15, 0.2) is 5.70 Å². The molecule has 3 aromatic rings. The summed E-state index contributed by atoms with van der Waals surface area (Å²) in [7, 11) is 0. The number of hydrogen-bond acceptors (Lipinski definition) is 6. The number of carbonyl (C=O) groups is 2. The number of benzene rings is 2. The minimum Gasteiger partial charge on any atom is -0.457 e. The van der Waals surface area contributed by atoms with Crippen molar-refractivity contribution in [2.45, 2.75) is 0 Å². The molecule has 0 amide bonds. The molecule has 0 saturated heterocycles. The van der Waals surface area contributed by atoms with Crippen LogP contribution in [0.2, 0.25) is 5.02 Å². The Morgan fingerprint density at radius 3 is 2.57 bits per heavy atom. The number of esters is 2. The number of halogens is 1. The van der Waals surface area contributed by atoms with Crippen molar-refractivity contribution in [1.82, 2.24) is 0 Å². The number of furan rings is 1. The van der Waals surface area contributed by atoms with E-state index >= 15 is 0 Å². The van der Waals surface area contributed by atoms with E-state index in [4.69, 9.17) is 25.5 Å². The summed E-state index contributed by atoms with van der Waals surface area (Å²) in [4.78, 5) is 28.6. The summed E-state index contributed by atoms with van der Waals surface area (Å²) in [5, 5.41) is 0.566. The molecule has 6 nitrogen and oxygen atoms in total. The van der Waals surface area contributed by atoms with E-state index in [9.17, 15) is 9.59 Å². The third kappa shape index (κ3) is 3.72. The van der Waals surface area contributed by atoms with Crippen molar-refractivity contribution in [3.05, 3.63) is 94.5 Å². The van der Waals surface area contributed by atoms with Gasteiger partial charge in [-0.25, -0.2) is 14.6 Å². The molecule has 1 aromatic heterocycles. The lowest BCUT2D eigenvalue weighted by Crippen LogP contribution is -2.08. The van der Waals surface area contributed by atoms with Crippen molar-refractivity contribution in [1.29, 1.82) is 0 Å². The average molecular weight is 394 g/mol. The van der Waals surface area contributed by atoms with E-state index in [0.717, 1.165) is 0 Å². The van der Waals surface area contributed by atoms with Gasteiger partial charge in [-0.15, -0.1) is 0 Å². The zero-order valence-corrected chi connectivity index (χ0v) is 15.1. The standard InChI is InChI=1S/C21H12ClNO5/c22-15-9-7-13(8-10-15)19-23-16(20(24)28-19)12-14-4-1-2-5-17(14)27-21(25)18-6-3-11-26-18/h1-12H/b16-12+. The third-order valence-electron chi connectivity index (χ3n) is 3.85. The fourth-order valence-corrected chi connectivity index (χ4v) is 2.64. The fourth-order valence-electron chi connectivity index (χ4n) is 2.51. The maximum atomic E-state index is 12.2. The summed E-state index contributed by atoms with van der Waals surface area (Å²) in [6, 6.07) is 16.6. The highest BCUT2D eigenvalue weighted by atomic mass is 35.5. The summed E-state index contributed by atoms with van der Waals surface area (Å²) in [6.07, 6.45) is 2.88. The molecular weight excluding hydrogens is 382 g/mol. The Balaban J connectivity index is 1.62. The Morgan fingerprint density at radius 2 is 1.82 bits per heavy atom. The maximum Gasteiger partial charge on any atom is 0.379 e. The molecule has 2 heterocycles. The largest absolute Gasteiger partial charge is 0.457 e. The van der Waals surface area contributed by atoms with Crippen molar-refractivity contribution < 1.29 is 23.5 Å². The van der Waals surface area contributed by atoms with Crippen LogP contribution in [0.25, 0.3) is 6.08 Å². The monoisotopic (exact) mass is 393 g/mol. The number of cyclic esters (lactones) is 1. The topological polar surface area (TPSA) is 78.1 Å². The molecule has 28 heavy (non-hydrogen) atoms. The lowest BCUT2D eigenvalue weighted by molar-refractivity contribution is -0.129. The van der Waals surface area contributed by atoms with Crippen LogP contribution in [0, 0.1) is 0 Å². The second kappa shape index (κ2) is 7.54. The Bertz CT molecular complexity index is 1100. The Labute approximate surface area is 164 Å². The van der Waals surface area contributed by atoms with Gasteiger partial charge in [-0.05, 0) is 48.5 Å².